The molecule has 0 atom stereocenters. The molecule has 8 rings (SSSR count). The van der Waals surface area contributed by atoms with Crippen LogP contribution in [-0.4, -0.2) is 9.97 Å². The van der Waals surface area contributed by atoms with E-state index in [0.29, 0.717) is 33.2 Å². The second-order valence-electron chi connectivity index (χ2n) is 16.2. The third-order valence-corrected chi connectivity index (χ3v) is 9.17. The van der Waals surface area contributed by atoms with Crippen molar-refractivity contribution < 1.29 is 50.6 Å². The van der Waals surface area contributed by atoms with E-state index in [2.05, 4.69) is 22.1 Å². The SMILES string of the molecule is [2H]C([2H])([2H])c1c[c-]c(-c2ccc(C([2H])([2H])C(C)(C)C)cn2)cc1-c1ccccc1.[2H]C([2H])([2H])c1cnc(-c2[c-]ccc3c2oc2c(C([2H])([2H])[2H])cccc23)cc1-c1cc(C([2H])([2H])[2H])c(C([2H])([2H])C(C)(C)C)cc1C([2H])([2H])[2H].[Ir]. The fourth-order valence-corrected chi connectivity index (χ4v) is 6.65. The molecule has 8 aromatic rings. The topological polar surface area (TPSA) is 38.9 Å². The molecule has 0 aliphatic heterocycles. The zero-order valence-electron chi connectivity index (χ0n) is 52.6. The molecule has 0 bridgehead atoms. The number of hydrogen-bond donors (Lipinski definition) is 0. The summed E-state index contributed by atoms with van der Waals surface area (Å²) in [5.74, 6) is 0. The van der Waals surface area contributed by atoms with Crippen LogP contribution in [0.1, 0.15) is 107 Å². The maximum atomic E-state index is 8.86. The van der Waals surface area contributed by atoms with Crippen LogP contribution in [-0.2, 0) is 32.9 Å². The van der Waals surface area contributed by atoms with Crippen LogP contribution in [0.4, 0.5) is 0 Å². The Bertz CT molecular complexity index is 3470. The molecule has 59 heavy (non-hydrogen) atoms. The summed E-state index contributed by atoms with van der Waals surface area (Å²) in [6.07, 6.45) is -1.22. The minimum Gasteiger partial charge on any atom is -0.500 e. The van der Waals surface area contributed by atoms with Crippen molar-refractivity contribution in [3.8, 4) is 44.8 Å². The van der Waals surface area contributed by atoms with Crippen molar-refractivity contribution in [2.75, 3.05) is 0 Å². The molecule has 0 amide bonds. The molecule has 0 saturated carbocycles. The number of aryl methyl sites for hydroxylation is 5. The predicted octanol–water partition coefficient (Wildman–Crippen LogP) is 15.0. The van der Waals surface area contributed by atoms with Crippen LogP contribution in [0, 0.1) is 57.2 Å². The summed E-state index contributed by atoms with van der Waals surface area (Å²) in [4.78, 5) is 8.81. The van der Waals surface area contributed by atoms with Crippen LogP contribution in [0.3, 0.4) is 0 Å². The van der Waals surface area contributed by atoms with Gasteiger partial charge in [-0.1, -0.05) is 144 Å². The fourth-order valence-electron chi connectivity index (χ4n) is 6.65. The molecule has 4 heteroatoms. The van der Waals surface area contributed by atoms with E-state index >= 15 is 0 Å². The molecule has 3 nitrogen and oxygen atoms in total. The molecule has 0 saturated heterocycles. The van der Waals surface area contributed by atoms with Gasteiger partial charge in [0.2, 0.25) is 0 Å². The first-order valence-electron chi connectivity index (χ1n) is 28.3. The van der Waals surface area contributed by atoms with Gasteiger partial charge in [-0.25, -0.2) is 0 Å². The van der Waals surface area contributed by atoms with Crippen molar-refractivity contribution in [3.05, 3.63) is 167 Å². The standard InChI is InChI=1S/C32H32NO.C23H24N.Ir/c1-19-10-8-11-24-25-12-9-13-26(31(25)34-30(19)24)29-16-28(22(4)18-33-29)27-15-20(2)23(14-21(27)3)17-32(5,6)7;1-17-10-12-20(14-21(17)19-8-6-5-7-9-19)22-13-11-18(16-24-22)15-23(2,3)4;/h8-12,14-16,18H,17H2,1-7H3;5-11,13-14,16H,15H2,1-4H3;/q2*-1;/i1D3,2D3,3D3,4D3,17D2;1D3,15D2;. The summed E-state index contributed by atoms with van der Waals surface area (Å²) in [6, 6.07) is 33.6. The zero-order chi connectivity index (χ0) is 57.4. The third-order valence-electron chi connectivity index (χ3n) is 9.17. The van der Waals surface area contributed by atoms with Crippen molar-refractivity contribution in [1.82, 2.24) is 9.97 Å². The maximum absolute atomic E-state index is 8.86. The van der Waals surface area contributed by atoms with Crippen LogP contribution in [0.15, 0.2) is 120 Å². The number of rotatable bonds is 6. The summed E-state index contributed by atoms with van der Waals surface area (Å²) < 4.78 is 163. The molecule has 0 aliphatic rings. The zero-order valence-corrected chi connectivity index (χ0v) is 36.0. The second-order valence-corrected chi connectivity index (χ2v) is 16.2. The van der Waals surface area contributed by atoms with Gasteiger partial charge in [0.1, 0.15) is 5.58 Å². The number of fused-ring (bicyclic) bond motifs is 3. The maximum Gasteiger partial charge on any atom is 0.123 e. The largest absolute Gasteiger partial charge is 0.500 e. The molecule has 0 spiro atoms. The van der Waals surface area contributed by atoms with Gasteiger partial charge in [0.05, 0.1) is 5.58 Å². The van der Waals surface area contributed by atoms with E-state index in [1.165, 1.54) is 18.2 Å². The van der Waals surface area contributed by atoms with Gasteiger partial charge in [0.25, 0.3) is 0 Å². The Hall–Kier alpha value is -5.15. The molecule has 0 aliphatic carbocycles. The minimum atomic E-state index is -2.92. The Balaban J connectivity index is 0.000000281. The van der Waals surface area contributed by atoms with Gasteiger partial charge in [-0.2, -0.15) is 0 Å². The molecule has 303 valence electrons. The molecule has 0 fully saturated rings. The second kappa shape index (κ2) is 17.6. The van der Waals surface area contributed by atoms with Gasteiger partial charge in [0, 0.05) is 63.9 Å². The number of aromatic nitrogens is 2. The summed E-state index contributed by atoms with van der Waals surface area (Å²) >= 11 is 0. The Labute approximate surface area is 392 Å². The van der Waals surface area contributed by atoms with Crippen molar-refractivity contribution in [2.45, 2.75) is 88.5 Å². The van der Waals surface area contributed by atoms with E-state index in [0.717, 1.165) is 23.9 Å². The fraction of sp³-hybridized carbons (Fsp3) is 0.273. The first-order valence-corrected chi connectivity index (χ1v) is 18.8. The van der Waals surface area contributed by atoms with E-state index < -0.39 is 69.0 Å². The Kier molecular flexibility index (Phi) is 7.40. The van der Waals surface area contributed by atoms with E-state index in [-0.39, 0.29) is 75.9 Å². The molecule has 0 N–H and O–H groups in total. The molecule has 0 unspecified atom stereocenters. The van der Waals surface area contributed by atoms with E-state index in [1.54, 1.807) is 69.4 Å². The first kappa shape index (κ1) is 24.8. The van der Waals surface area contributed by atoms with Gasteiger partial charge < -0.3 is 14.4 Å². The van der Waals surface area contributed by atoms with E-state index in [9.17, 15) is 0 Å². The average molecular weight is 972 g/mol. The van der Waals surface area contributed by atoms with Crippen LogP contribution in [0.25, 0.3) is 66.7 Å². The van der Waals surface area contributed by atoms with Gasteiger partial charge in [-0.05, 0) is 112 Å². The van der Waals surface area contributed by atoms with Gasteiger partial charge >= 0.3 is 0 Å². The normalized spacial score (nSPS) is 18.0. The molecule has 3 heterocycles. The number of benzene rings is 5. The molecule has 3 aromatic heterocycles. The summed E-state index contributed by atoms with van der Waals surface area (Å²) in [7, 11) is 0. The predicted molar refractivity (Wildman–Crippen MR) is 245 cm³/mol. The number of hydrogen-bond acceptors (Lipinski definition) is 3. The third kappa shape index (κ3) is 10.0. The Morgan fingerprint density at radius 2 is 1.31 bits per heavy atom. The van der Waals surface area contributed by atoms with Crippen LogP contribution in [0.2, 0.25) is 0 Å². The van der Waals surface area contributed by atoms with Crippen molar-refractivity contribution in [2.24, 2.45) is 10.8 Å². The number of furan rings is 1. The summed E-state index contributed by atoms with van der Waals surface area (Å²) in [5.41, 5.74) is 0.448. The summed E-state index contributed by atoms with van der Waals surface area (Å²) in [6.45, 7) is -3.11. The number of nitrogens with zero attached hydrogens (tertiary/aromatic N) is 2. The van der Waals surface area contributed by atoms with Crippen LogP contribution < -0.4 is 0 Å². The monoisotopic (exact) mass is 973 g/mol. The van der Waals surface area contributed by atoms with E-state index in [1.807, 2.05) is 51.1 Å². The Morgan fingerprint density at radius 1 is 0.593 bits per heavy atom. The average Bonchev–Trinajstić information content (AvgIpc) is 3.73. The Morgan fingerprint density at radius 3 is 2.00 bits per heavy atom. The minimum absolute atomic E-state index is 0. The van der Waals surface area contributed by atoms with E-state index in [4.69, 9.17) is 30.5 Å². The van der Waals surface area contributed by atoms with Crippen molar-refractivity contribution in [3.63, 3.8) is 0 Å². The first-order chi connectivity index (χ1) is 35.2. The molecule has 1 radical (unpaired) electrons. The van der Waals surface area contributed by atoms with Gasteiger partial charge in [-0.15, -0.1) is 47.5 Å². The number of para-hydroxylation sites is 1. The van der Waals surface area contributed by atoms with Gasteiger partial charge in [-0.3, -0.25) is 0 Å². The van der Waals surface area contributed by atoms with Gasteiger partial charge in [0.15, 0.2) is 0 Å². The quantitative estimate of drug-likeness (QED) is 0.156. The summed E-state index contributed by atoms with van der Waals surface area (Å²) in [5, 5.41) is 1.05. The number of pyridine rings is 2. The van der Waals surface area contributed by atoms with Crippen LogP contribution >= 0.6 is 0 Å². The van der Waals surface area contributed by atoms with Crippen LogP contribution in [0.5, 0.6) is 0 Å². The van der Waals surface area contributed by atoms with Crippen molar-refractivity contribution >= 4 is 21.9 Å². The molecule has 5 aromatic carbocycles. The molecular formula is C55H56IrN2O-2. The van der Waals surface area contributed by atoms with Crippen molar-refractivity contribution in [1.29, 1.82) is 0 Å². The molecular weight excluding hydrogens is 897 g/mol. The smallest absolute Gasteiger partial charge is 0.123 e.